The first-order valence-corrected chi connectivity index (χ1v) is 6.41. The van der Waals surface area contributed by atoms with Gasteiger partial charge in [0.1, 0.15) is 6.04 Å². The van der Waals surface area contributed by atoms with Crippen molar-refractivity contribution >= 4 is 11.8 Å². The molecule has 2 amide bonds. The maximum Gasteiger partial charge on any atom is 0.239 e. The predicted octanol–water partition coefficient (Wildman–Crippen LogP) is 0.405. The van der Waals surface area contributed by atoms with Crippen LogP contribution in [0.4, 0.5) is 0 Å². The first kappa shape index (κ1) is 15.0. The minimum absolute atomic E-state index is 0.0516. The second-order valence-electron chi connectivity index (χ2n) is 6.85. The Morgan fingerprint density at radius 2 is 1.94 bits per heavy atom. The third kappa shape index (κ3) is 5.04. The molecule has 0 bridgehead atoms. The number of rotatable bonds is 3. The summed E-state index contributed by atoms with van der Waals surface area (Å²) in [5, 5.41) is 8.66. The molecule has 0 saturated carbocycles. The number of hydrogen-bond donors (Lipinski definition) is 3. The highest BCUT2D eigenvalue weighted by Crippen LogP contribution is 2.26. The van der Waals surface area contributed by atoms with Gasteiger partial charge in [0.25, 0.3) is 0 Å². The van der Waals surface area contributed by atoms with Crippen LogP contribution in [-0.2, 0) is 9.59 Å². The van der Waals surface area contributed by atoms with E-state index in [2.05, 4.69) is 36.7 Å². The van der Waals surface area contributed by atoms with Gasteiger partial charge in [-0.1, -0.05) is 20.8 Å². The van der Waals surface area contributed by atoms with Crippen molar-refractivity contribution in [1.82, 2.24) is 16.0 Å². The first-order chi connectivity index (χ1) is 8.09. The van der Waals surface area contributed by atoms with Crippen molar-refractivity contribution in [1.29, 1.82) is 0 Å². The Kier molecular flexibility index (Phi) is 4.37. The minimum atomic E-state index is -0.332. The molecule has 1 heterocycles. The Morgan fingerprint density at radius 1 is 1.33 bits per heavy atom. The molecule has 1 unspecified atom stereocenters. The van der Waals surface area contributed by atoms with E-state index in [1.807, 2.05) is 13.8 Å². The third-order valence-corrected chi connectivity index (χ3v) is 2.76. The highest BCUT2D eigenvalue weighted by Gasteiger charge is 2.31. The highest BCUT2D eigenvalue weighted by atomic mass is 16.2. The number of carbonyl (C=O) groups excluding carboxylic acids is 2. The molecule has 1 aliphatic rings. The summed E-state index contributed by atoms with van der Waals surface area (Å²) in [4.78, 5) is 23.1. The monoisotopic (exact) mass is 255 g/mol. The lowest BCUT2D eigenvalue weighted by Crippen LogP contribution is -2.60. The zero-order valence-corrected chi connectivity index (χ0v) is 12.0. The van der Waals surface area contributed by atoms with Gasteiger partial charge in [-0.3, -0.25) is 14.9 Å². The molecule has 0 aromatic rings. The normalized spacial score (nSPS) is 21.4. The van der Waals surface area contributed by atoms with Crippen LogP contribution in [0, 0.1) is 5.41 Å². The standard InChI is InChI=1S/C13H25N3O2/c1-12(2,3)8-13(4,5)16-11(18)9-6-15-10(17)7-14-9/h9,14H,6-8H2,1-5H3,(H,15,17)(H,16,18). The largest absolute Gasteiger partial charge is 0.353 e. The molecule has 18 heavy (non-hydrogen) atoms. The molecule has 1 fully saturated rings. The molecule has 1 atom stereocenters. The van der Waals surface area contributed by atoms with Crippen LogP contribution >= 0.6 is 0 Å². The lowest BCUT2D eigenvalue weighted by atomic mass is 9.81. The van der Waals surface area contributed by atoms with E-state index >= 15 is 0 Å². The summed E-state index contributed by atoms with van der Waals surface area (Å²) in [6.07, 6.45) is 0.894. The zero-order chi connectivity index (χ0) is 14.0. The summed E-state index contributed by atoms with van der Waals surface area (Å²) in [5.74, 6) is -0.114. The summed E-state index contributed by atoms with van der Waals surface area (Å²) in [6.45, 7) is 11.1. The molecule has 0 aromatic carbocycles. The first-order valence-electron chi connectivity index (χ1n) is 6.41. The number of amides is 2. The molecule has 5 nitrogen and oxygen atoms in total. The predicted molar refractivity (Wildman–Crippen MR) is 71.1 cm³/mol. The quantitative estimate of drug-likeness (QED) is 0.684. The summed E-state index contributed by atoms with van der Waals surface area (Å²) in [6, 6.07) is -0.332. The number of nitrogens with one attached hydrogen (secondary N) is 3. The molecular weight excluding hydrogens is 230 g/mol. The molecule has 104 valence electrons. The summed E-state index contributed by atoms with van der Waals surface area (Å²) in [5.41, 5.74) is -0.0938. The lowest BCUT2D eigenvalue weighted by molar-refractivity contribution is -0.127. The van der Waals surface area contributed by atoms with Crippen LogP contribution in [0.5, 0.6) is 0 Å². The second-order valence-corrected chi connectivity index (χ2v) is 6.85. The molecule has 1 saturated heterocycles. The molecule has 1 aliphatic heterocycles. The second kappa shape index (κ2) is 5.26. The van der Waals surface area contributed by atoms with Crippen molar-refractivity contribution in [2.24, 2.45) is 5.41 Å². The lowest BCUT2D eigenvalue weighted by Gasteiger charge is -2.35. The zero-order valence-electron chi connectivity index (χ0n) is 12.0. The maximum atomic E-state index is 12.1. The molecule has 3 N–H and O–H groups in total. The van der Waals surface area contributed by atoms with Crippen molar-refractivity contribution in [3.05, 3.63) is 0 Å². The average molecular weight is 255 g/mol. The van der Waals surface area contributed by atoms with Gasteiger partial charge in [-0.2, -0.15) is 0 Å². The van der Waals surface area contributed by atoms with Crippen molar-refractivity contribution in [2.75, 3.05) is 13.1 Å². The van der Waals surface area contributed by atoms with Gasteiger partial charge in [0.2, 0.25) is 11.8 Å². The Morgan fingerprint density at radius 3 is 2.39 bits per heavy atom. The Bertz CT molecular complexity index is 322. The van der Waals surface area contributed by atoms with Crippen molar-refractivity contribution in [2.45, 2.75) is 52.6 Å². The van der Waals surface area contributed by atoms with E-state index in [0.29, 0.717) is 6.54 Å². The fourth-order valence-corrected chi connectivity index (χ4v) is 2.54. The fraction of sp³-hybridized carbons (Fsp3) is 0.846. The number of hydrogen-bond acceptors (Lipinski definition) is 3. The SMILES string of the molecule is CC(C)(C)CC(C)(C)NC(=O)C1CNC(=O)CN1. The molecule has 1 rings (SSSR count). The van der Waals surface area contributed by atoms with E-state index in [4.69, 9.17) is 0 Å². The van der Waals surface area contributed by atoms with Gasteiger partial charge in [-0.05, 0) is 25.7 Å². The van der Waals surface area contributed by atoms with Gasteiger partial charge in [-0.15, -0.1) is 0 Å². The summed E-state index contributed by atoms with van der Waals surface area (Å²) in [7, 11) is 0. The van der Waals surface area contributed by atoms with E-state index in [9.17, 15) is 9.59 Å². The van der Waals surface area contributed by atoms with Crippen LogP contribution in [0.25, 0.3) is 0 Å². The van der Waals surface area contributed by atoms with E-state index in [-0.39, 0.29) is 35.4 Å². The molecule has 0 aromatic heterocycles. The molecule has 5 heteroatoms. The van der Waals surface area contributed by atoms with Gasteiger partial charge in [0, 0.05) is 12.1 Å². The average Bonchev–Trinajstić information content (AvgIpc) is 2.13. The molecule has 0 radical (unpaired) electrons. The third-order valence-electron chi connectivity index (χ3n) is 2.76. The van der Waals surface area contributed by atoms with Crippen LogP contribution in [-0.4, -0.2) is 36.5 Å². The van der Waals surface area contributed by atoms with Gasteiger partial charge in [0.15, 0.2) is 0 Å². The van der Waals surface area contributed by atoms with Gasteiger partial charge >= 0.3 is 0 Å². The van der Waals surface area contributed by atoms with Crippen molar-refractivity contribution in [3.8, 4) is 0 Å². The van der Waals surface area contributed by atoms with Crippen molar-refractivity contribution in [3.63, 3.8) is 0 Å². The van der Waals surface area contributed by atoms with Crippen LogP contribution < -0.4 is 16.0 Å². The topological polar surface area (TPSA) is 70.2 Å². The number of carbonyl (C=O) groups is 2. The van der Waals surface area contributed by atoms with Crippen LogP contribution in [0.2, 0.25) is 0 Å². The van der Waals surface area contributed by atoms with E-state index in [1.165, 1.54) is 0 Å². The maximum absolute atomic E-state index is 12.1. The van der Waals surface area contributed by atoms with E-state index in [1.54, 1.807) is 0 Å². The fourth-order valence-electron chi connectivity index (χ4n) is 2.54. The highest BCUT2D eigenvalue weighted by molar-refractivity contribution is 5.87. The van der Waals surface area contributed by atoms with E-state index in [0.717, 1.165) is 6.42 Å². The number of piperazine rings is 1. The van der Waals surface area contributed by atoms with Crippen LogP contribution in [0.15, 0.2) is 0 Å². The van der Waals surface area contributed by atoms with Gasteiger partial charge in [-0.25, -0.2) is 0 Å². The molecule has 0 aliphatic carbocycles. The Labute approximate surface area is 109 Å². The minimum Gasteiger partial charge on any atom is -0.353 e. The van der Waals surface area contributed by atoms with Gasteiger partial charge in [0.05, 0.1) is 6.54 Å². The Hall–Kier alpha value is -1.10. The van der Waals surface area contributed by atoms with Crippen LogP contribution in [0.1, 0.15) is 41.0 Å². The van der Waals surface area contributed by atoms with Crippen molar-refractivity contribution < 1.29 is 9.59 Å². The van der Waals surface area contributed by atoms with E-state index < -0.39 is 0 Å². The van der Waals surface area contributed by atoms with Crippen LogP contribution in [0.3, 0.4) is 0 Å². The molecular formula is C13H25N3O2. The van der Waals surface area contributed by atoms with Gasteiger partial charge < -0.3 is 10.6 Å². The summed E-state index contributed by atoms with van der Waals surface area (Å²) < 4.78 is 0. The summed E-state index contributed by atoms with van der Waals surface area (Å²) >= 11 is 0. The Balaban J connectivity index is 2.51. The molecule has 0 spiro atoms. The smallest absolute Gasteiger partial charge is 0.239 e.